The van der Waals surface area contributed by atoms with E-state index in [1.807, 2.05) is 37.3 Å². The molecule has 0 fully saturated rings. The van der Waals surface area contributed by atoms with Crippen LogP contribution in [0.2, 0.25) is 0 Å². The lowest BCUT2D eigenvalue weighted by Crippen LogP contribution is -2.32. The highest BCUT2D eigenvalue weighted by Gasteiger charge is 2.22. The van der Waals surface area contributed by atoms with Crippen LogP contribution in [0.5, 0.6) is 0 Å². The van der Waals surface area contributed by atoms with Crippen molar-refractivity contribution in [1.29, 1.82) is 5.26 Å². The van der Waals surface area contributed by atoms with Gasteiger partial charge in [-0.25, -0.2) is 0 Å². The average Bonchev–Trinajstić information content (AvgIpc) is 2.89. The van der Waals surface area contributed by atoms with Crippen molar-refractivity contribution in [2.75, 3.05) is 17.2 Å². The van der Waals surface area contributed by atoms with Gasteiger partial charge in [-0.05, 0) is 19.1 Å². The molecule has 6 nitrogen and oxygen atoms in total. The predicted molar refractivity (Wildman–Crippen MR) is 80.7 cm³/mol. The van der Waals surface area contributed by atoms with Crippen molar-refractivity contribution >= 4 is 17.3 Å². The minimum atomic E-state index is -0.291. The molecular weight excluding hydrogens is 266 g/mol. The van der Waals surface area contributed by atoms with E-state index in [0.717, 1.165) is 5.69 Å². The standard InChI is InChI=1S/C15H17N5O/c1-2-19-11-13(17)14(18-19)15(21)20(10-6-9-16)12-7-4-3-5-8-12/h3-5,7-8,11H,2,6,10,17H2,1H3. The largest absolute Gasteiger partial charge is 0.396 e. The van der Waals surface area contributed by atoms with Gasteiger partial charge in [0.2, 0.25) is 0 Å². The van der Waals surface area contributed by atoms with Crippen molar-refractivity contribution < 1.29 is 4.79 Å². The SMILES string of the molecule is CCn1cc(N)c(C(=O)N(CCC#N)c2ccccc2)n1. The smallest absolute Gasteiger partial charge is 0.280 e. The topological polar surface area (TPSA) is 87.9 Å². The van der Waals surface area contributed by atoms with Gasteiger partial charge < -0.3 is 10.6 Å². The van der Waals surface area contributed by atoms with Crippen molar-refractivity contribution in [1.82, 2.24) is 9.78 Å². The molecule has 0 aliphatic carbocycles. The second-order valence-corrected chi connectivity index (χ2v) is 4.49. The number of carbonyl (C=O) groups excluding carboxylic acids is 1. The normalized spacial score (nSPS) is 10.1. The highest BCUT2D eigenvalue weighted by Crippen LogP contribution is 2.19. The molecule has 1 aromatic carbocycles. The van der Waals surface area contributed by atoms with Gasteiger partial charge in [0.25, 0.3) is 5.91 Å². The van der Waals surface area contributed by atoms with Gasteiger partial charge in [-0.2, -0.15) is 10.4 Å². The number of hydrogen-bond donors (Lipinski definition) is 1. The van der Waals surface area contributed by atoms with E-state index in [1.165, 1.54) is 4.90 Å². The third kappa shape index (κ3) is 3.20. The summed E-state index contributed by atoms with van der Waals surface area (Å²) >= 11 is 0. The number of amides is 1. The van der Waals surface area contributed by atoms with Crippen molar-refractivity contribution in [2.45, 2.75) is 19.9 Å². The Labute approximate surface area is 123 Å². The van der Waals surface area contributed by atoms with Gasteiger partial charge in [0.15, 0.2) is 5.69 Å². The number of aromatic nitrogens is 2. The van der Waals surface area contributed by atoms with Crippen LogP contribution in [0, 0.1) is 11.3 Å². The van der Waals surface area contributed by atoms with E-state index in [9.17, 15) is 4.79 Å². The van der Waals surface area contributed by atoms with Gasteiger partial charge in [-0.3, -0.25) is 9.48 Å². The molecular formula is C15H17N5O. The number of para-hydroxylation sites is 1. The third-order valence-corrected chi connectivity index (χ3v) is 3.08. The van der Waals surface area contributed by atoms with Crippen LogP contribution < -0.4 is 10.6 Å². The zero-order valence-corrected chi connectivity index (χ0v) is 11.9. The first-order valence-corrected chi connectivity index (χ1v) is 6.74. The molecule has 1 heterocycles. The molecule has 21 heavy (non-hydrogen) atoms. The van der Waals surface area contributed by atoms with Crippen LogP contribution >= 0.6 is 0 Å². The second kappa shape index (κ2) is 6.57. The molecule has 0 unspecified atom stereocenters. The molecule has 0 atom stereocenters. The van der Waals surface area contributed by atoms with Crippen LogP contribution in [0.25, 0.3) is 0 Å². The van der Waals surface area contributed by atoms with Gasteiger partial charge in [-0.15, -0.1) is 0 Å². The van der Waals surface area contributed by atoms with E-state index in [0.29, 0.717) is 18.8 Å². The van der Waals surface area contributed by atoms with E-state index in [1.54, 1.807) is 10.9 Å². The molecule has 1 aromatic heterocycles. The summed E-state index contributed by atoms with van der Waals surface area (Å²) < 4.78 is 1.62. The maximum absolute atomic E-state index is 12.7. The predicted octanol–water partition coefficient (Wildman–Crippen LogP) is 2.05. The Hall–Kier alpha value is -2.81. The van der Waals surface area contributed by atoms with Gasteiger partial charge in [0, 0.05) is 25.0 Å². The van der Waals surface area contributed by atoms with E-state index in [2.05, 4.69) is 11.2 Å². The molecule has 2 rings (SSSR count). The number of nitriles is 1. The lowest BCUT2D eigenvalue weighted by atomic mass is 10.2. The number of carbonyl (C=O) groups is 1. The Morgan fingerprint density at radius 3 is 2.71 bits per heavy atom. The molecule has 108 valence electrons. The summed E-state index contributed by atoms with van der Waals surface area (Å²) in [6.07, 6.45) is 1.88. The number of rotatable bonds is 5. The fraction of sp³-hybridized carbons (Fsp3) is 0.267. The lowest BCUT2D eigenvalue weighted by molar-refractivity contribution is 0.0982. The summed E-state index contributed by atoms with van der Waals surface area (Å²) in [6.45, 7) is 2.87. The first-order valence-electron chi connectivity index (χ1n) is 6.74. The van der Waals surface area contributed by atoms with Crippen molar-refractivity contribution in [3.63, 3.8) is 0 Å². The maximum atomic E-state index is 12.7. The van der Waals surface area contributed by atoms with Crippen LogP contribution in [0.3, 0.4) is 0 Å². The average molecular weight is 283 g/mol. The van der Waals surface area contributed by atoms with Gasteiger partial charge in [0.05, 0.1) is 18.2 Å². The Balaban J connectivity index is 2.34. The van der Waals surface area contributed by atoms with Crippen LogP contribution in [-0.2, 0) is 6.54 Å². The number of anilines is 2. The van der Waals surface area contributed by atoms with Crippen molar-refractivity contribution in [3.05, 3.63) is 42.2 Å². The van der Waals surface area contributed by atoms with Crippen LogP contribution in [0.4, 0.5) is 11.4 Å². The van der Waals surface area contributed by atoms with Crippen LogP contribution in [0.1, 0.15) is 23.8 Å². The Bertz CT molecular complexity index is 656. The maximum Gasteiger partial charge on any atom is 0.280 e. The summed E-state index contributed by atoms with van der Waals surface area (Å²) in [7, 11) is 0. The quantitative estimate of drug-likeness (QED) is 0.909. The molecule has 0 bridgehead atoms. The Morgan fingerprint density at radius 1 is 1.43 bits per heavy atom. The monoisotopic (exact) mass is 283 g/mol. The van der Waals surface area contributed by atoms with Crippen LogP contribution in [-0.4, -0.2) is 22.2 Å². The fourth-order valence-electron chi connectivity index (χ4n) is 2.01. The molecule has 1 amide bonds. The molecule has 0 spiro atoms. The fourth-order valence-corrected chi connectivity index (χ4v) is 2.01. The number of benzene rings is 1. The molecule has 0 aliphatic rings. The molecule has 0 saturated heterocycles. The Kier molecular flexibility index (Phi) is 4.57. The Morgan fingerprint density at radius 2 is 2.14 bits per heavy atom. The third-order valence-electron chi connectivity index (χ3n) is 3.08. The molecule has 2 aromatic rings. The first kappa shape index (κ1) is 14.6. The molecule has 0 saturated carbocycles. The van der Waals surface area contributed by atoms with E-state index in [-0.39, 0.29) is 18.0 Å². The molecule has 0 radical (unpaired) electrons. The number of nitrogens with zero attached hydrogens (tertiary/aromatic N) is 4. The number of aryl methyl sites for hydroxylation is 1. The summed E-state index contributed by atoms with van der Waals surface area (Å²) in [5.41, 5.74) is 7.16. The van der Waals surface area contributed by atoms with Gasteiger partial charge in [-0.1, -0.05) is 18.2 Å². The number of nitrogen functional groups attached to an aromatic ring is 1. The highest BCUT2D eigenvalue weighted by molar-refractivity contribution is 6.07. The van der Waals surface area contributed by atoms with E-state index < -0.39 is 0 Å². The van der Waals surface area contributed by atoms with E-state index >= 15 is 0 Å². The minimum Gasteiger partial charge on any atom is -0.396 e. The zero-order chi connectivity index (χ0) is 15.2. The van der Waals surface area contributed by atoms with Gasteiger partial charge >= 0.3 is 0 Å². The molecule has 0 aliphatic heterocycles. The first-order chi connectivity index (χ1) is 10.2. The summed E-state index contributed by atoms with van der Waals surface area (Å²) in [4.78, 5) is 14.2. The van der Waals surface area contributed by atoms with E-state index in [4.69, 9.17) is 11.0 Å². The number of nitrogens with two attached hydrogens (primary N) is 1. The summed E-state index contributed by atoms with van der Waals surface area (Å²) in [5, 5.41) is 13.0. The summed E-state index contributed by atoms with van der Waals surface area (Å²) in [6, 6.07) is 11.3. The number of hydrogen-bond acceptors (Lipinski definition) is 4. The lowest BCUT2D eigenvalue weighted by Gasteiger charge is -2.20. The van der Waals surface area contributed by atoms with Crippen molar-refractivity contribution in [2.24, 2.45) is 0 Å². The minimum absolute atomic E-state index is 0.221. The zero-order valence-electron chi connectivity index (χ0n) is 11.9. The molecule has 2 N–H and O–H groups in total. The van der Waals surface area contributed by atoms with Crippen molar-refractivity contribution in [3.8, 4) is 6.07 Å². The van der Waals surface area contributed by atoms with Gasteiger partial charge in [0.1, 0.15) is 0 Å². The highest BCUT2D eigenvalue weighted by atomic mass is 16.2. The van der Waals surface area contributed by atoms with Crippen LogP contribution in [0.15, 0.2) is 36.5 Å². The molecule has 6 heteroatoms. The second-order valence-electron chi connectivity index (χ2n) is 4.49. The summed E-state index contributed by atoms with van der Waals surface area (Å²) in [5.74, 6) is -0.291.